The number of hydrogen-bond donors (Lipinski definition) is 1. The smallest absolute Gasteiger partial charge is 0.179 e. The SMILES string of the molecule is CC(=N)c1ccc2nnn(Cc3ccc4ncccc4c3)c2n1. The lowest BCUT2D eigenvalue weighted by molar-refractivity contribution is 0.664. The van der Waals surface area contributed by atoms with Crippen LogP contribution in [-0.4, -0.2) is 30.7 Å². The Kier molecular flexibility index (Phi) is 3.08. The second-order valence-corrected chi connectivity index (χ2v) is 5.44. The summed E-state index contributed by atoms with van der Waals surface area (Å²) in [5.41, 5.74) is 4.58. The molecule has 0 radical (unpaired) electrons. The lowest BCUT2D eigenvalue weighted by Gasteiger charge is -2.05. The van der Waals surface area contributed by atoms with E-state index in [1.54, 1.807) is 23.9 Å². The zero-order valence-corrected chi connectivity index (χ0v) is 12.6. The van der Waals surface area contributed by atoms with Crippen molar-refractivity contribution in [1.29, 1.82) is 5.41 Å². The molecule has 0 bridgehead atoms. The van der Waals surface area contributed by atoms with Crippen LogP contribution in [0.1, 0.15) is 18.2 Å². The van der Waals surface area contributed by atoms with Gasteiger partial charge >= 0.3 is 0 Å². The summed E-state index contributed by atoms with van der Waals surface area (Å²) >= 11 is 0. The fourth-order valence-electron chi connectivity index (χ4n) is 2.57. The van der Waals surface area contributed by atoms with Crippen molar-refractivity contribution in [3.05, 3.63) is 59.9 Å². The molecule has 112 valence electrons. The zero-order valence-electron chi connectivity index (χ0n) is 12.6. The Labute approximate surface area is 132 Å². The van der Waals surface area contributed by atoms with Gasteiger partial charge in [-0.1, -0.05) is 17.3 Å². The number of aromatic nitrogens is 5. The van der Waals surface area contributed by atoms with Gasteiger partial charge in [-0.3, -0.25) is 4.98 Å². The third-order valence-corrected chi connectivity index (χ3v) is 3.74. The molecule has 3 aromatic heterocycles. The van der Waals surface area contributed by atoms with Gasteiger partial charge in [0.15, 0.2) is 5.65 Å². The average molecular weight is 302 g/mol. The highest BCUT2D eigenvalue weighted by atomic mass is 15.4. The second kappa shape index (κ2) is 5.24. The van der Waals surface area contributed by atoms with E-state index in [2.05, 4.69) is 26.3 Å². The molecule has 23 heavy (non-hydrogen) atoms. The minimum absolute atomic E-state index is 0.427. The molecule has 1 aromatic carbocycles. The fourth-order valence-corrected chi connectivity index (χ4v) is 2.57. The molecule has 0 unspecified atom stereocenters. The Hall–Kier alpha value is -3.15. The minimum atomic E-state index is 0.427. The van der Waals surface area contributed by atoms with E-state index in [9.17, 15) is 0 Å². The molecule has 6 heteroatoms. The van der Waals surface area contributed by atoms with Crippen LogP contribution in [0, 0.1) is 5.41 Å². The molecule has 4 aromatic rings. The molecule has 0 aliphatic heterocycles. The van der Waals surface area contributed by atoms with Gasteiger partial charge in [-0.25, -0.2) is 9.67 Å². The number of fused-ring (bicyclic) bond motifs is 2. The number of hydrogen-bond acceptors (Lipinski definition) is 5. The minimum Gasteiger partial charge on any atom is -0.303 e. The molecule has 0 atom stereocenters. The molecule has 6 nitrogen and oxygen atoms in total. The highest BCUT2D eigenvalue weighted by Gasteiger charge is 2.09. The van der Waals surface area contributed by atoms with Gasteiger partial charge in [-0.05, 0) is 42.8 Å². The monoisotopic (exact) mass is 302 g/mol. The molecule has 3 heterocycles. The van der Waals surface area contributed by atoms with Crippen LogP contribution in [0.4, 0.5) is 0 Å². The number of nitrogens with zero attached hydrogens (tertiary/aromatic N) is 5. The predicted octanol–water partition coefficient (Wildman–Crippen LogP) is 2.81. The number of rotatable bonds is 3. The van der Waals surface area contributed by atoms with Crippen LogP contribution in [0.15, 0.2) is 48.7 Å². The van der Waals surface area contributed by atoms with Crippen molar-refractivity contribution in [3.63, 3.8) is 0 Å². The first-order chi connectivity index (χ1) is 11.2. The zero-order chi connectivity index (χ0) is 15.8. The third kappa shape index (κ3) is 2.44. The Bertz CT molecular complexity index is 1030. The van der Waals surface area contributed by atoms with Crippen molar-refractivity contribution in [1.82, 2.24) is 25.0 Å². The van der Waals surface area contributed by atoms with E-state index in [0.717, 1.165) is 22.0 Å². The Morgan fingerprint density at radius 2 is 2.00 bits per heavy atom. The van der Waals surface area contributed by atoms with Crippen LogP contribution >= 0.6 is 0 Å². The summed E-state index contributed by atoms with van der Waals surface area (Å²) in [5.74, 6) is 0. The quantitative estimate of drug-likeness (QED) is 0.590. The van der Waals surface area contributed by atoms with Crippen molar-refractivity contribution in [2.45, 2.75) is 13.5 Å². The lowest BCUT2D eigenvalue weighted by Crippen LogP contribution is -2.05. The largest absolute Gasteiger partial charge is 0.303 e. The maximum Gasteiger partial charge on any atom is 0.179 e. The van der Waals surface area contributed by atoms with Crippen molar-refractivity contribution >= 4 is 27.8 Å². The first-order valence-electron chi connectivity index (χ1n) is 7.30. The number of pyridine rings is 2. The first kappa shape index (κ1) is 13.5. The third-order valence-electron chi connectivity index (χ3n) is 3.74. The maximum absolute atomic E-state index is 7.73. The molecule has 0 aliphatic carbocycles. The van der Waals surface area contributed by atoms with E-state index in [1.807, 2.05) is 30.3 Å². The first-order valence-corrected chi connectivity index (χ1v) is 7.30. The summed E-state index contributed by atoms with van der Waals surface area (Å²) in [6.45, 7) is 2.30. The molecular weight excluding hydrogens is 288 g/mol. The van der Waals surface area contributed by atoms with E-state index in [-0.39, 0.29) is 0 Å². The van der Waals surface area contributed by atoms with Gasteiger partial charge in [-0.2, -0.15) is 0 Å². The van der Waals surface area contributed by atoms with Crippen LogP contribution in [0.2, 0.25) is 0 Å². The maximum atomic E-state index is 7.73. The molecule has 0 saturated heterocycles. The van der Waals surface area contributed by atoms with E-state index in [4.69, 9.17) is 5.41 Å². The molecule has 0 aliphatic rings. The van der Waals surface area contributed by atoms with Crippen LogP contribution in [-0.2, 0) is 6.54 Å². The molecule has 0 spiro atoms. The van der Waals surface area contributed by atoms with Crippen LogP contribution in [0.25, 0.3) is 22.1 Å². The van der Waals surface area contributed by atoms with Gasteiger partial charge in [0, 0.05) is 11.6 Å². The predicted molar refractivity (Wildman–Crippen MR) is 88.7 cm³/mol. The van der Waals surface area contributed by atoms with Crippen molar-refractivity contribution < 1.29 is 0 Å². The number of nitrogens with one attached hydrogen (secondary N) is 1. The van der Waals surface area contributed by atoms with Crippen LogP contribution in [0.3, 0.4) is 0 Å². The van der Waals surface area contributed by atoms with Gasteiger partial charge in [0.05, 0.1) is 23.5 Å². The molecule has 0 amide bonds. The normalized spacial score (nSPS) is 11.2. The van der Waals surface area contributed by atoms with Gasteiger partial charge in [0.25, 0.3) is 0 Å². The van der Waals surface area contributed by atoms with Crippen molar-refractivity contribution in [2.75, 3.05) is 0 Å². The summed E-state index contributed by atoms with van der Waals surface area (Å²) in [7, 11) is 0. The summed E-state index contributed by atoms with van der Waals surface area (Å²) in [6, 6.07) is 13.8. The Morgan fingerprint density at radius 3 is 2.87 bits per heavy atom. The molecule has 4 rings (SSSR count). The lowest BCUT2D eigenvalue weighted by atomic mass is 10.1. The van der Waals surface area contributed by atoms with Gasteiger partial charge in [0.1, 0.15) is 5.52 Å². The van der Waals surface area contributed by atoms with Crippen molar-refractivity contribution in [2.24, 2.45) is 0 Å². The van der Waals surface area contributed by atoms with E-state index in [0.29, 0.717) is 23.6 Å². The van der Waals surface area contributed by atoms with E-state index >= 15 is 0 Å². The average Bonchev–Trinajstić information content (AvgIpc) is 2.97. The fraction of sp³-hybridized carbons (Fsp3) is 0.118. The Balaban J connectivity index is 1.76. The highest BCUT2D eigenvalue weighted by Crippen LogP contribution is 2.16. The van der Waals surface area contributed by atoms with Crippen LogP contribution < -0.4 is 0 Å². The standard InChI is InChI=1S/C17H14N6/c1-11(18)14-6-7-16-17(20-14)23(22-21-16)10-12-4-5-15-13(9-12)3-2-8-19-15/h2-9,18H,10H2,1H3. The van der Waals surface area contributed by atoms with E-state index < -0.39 is 0 Å². The summed E-state index contributed by atoms with van der Waals surface area (Å²) in [5, 5.41) is 17.2. The summed E-state index contributed by atoms with van der Waals surface area (Å²) in [4.78, 5) is 8.82. The van der Waals surface area contributed by atoms with Crippen LogP contribution in [0.5, 0.6) is 0 Å². The van der Waals surface area contributed by atoms with Gasteiger partial charge in [-0.15, -0.1) is 5.10 Å². The molecular formula is C17H14N6. The number of benzene rings is 1. The highest BCUT2D eigenvalue weighted by molar-refractivity contribution is 5.95. The summed E-state index contributed by atoms with van der Waals surface area (Å²) < 4.78 is 1.76. The summed E-state index contributed by atoms with van der Waals surface area (Å²) in [6.07, 6.45) is 1.79. The molecule has 0 saturated carbocycles. The van der Waals surface area contributed by atoms with Gasteiger partial charge in [0.2, 0.25) is 0 Å². The Morgan fingerprint density at radius 1 is 1.13 bits per heavy atom. The second-order valence-electron chi connectivity index (χ2n) is 5.44. The molecule has 1 N–H and O–H groups in total. The molecule has 0 fully saturated rings. The topological polar surface area (TPSA) is 80.3 Å². The van der Waals surface area contributed by atoms with Gasteiger partial charge < -0.3 is 5.41 Å². The van der Waals surface area contributed by atoms with E-state index in [1.165, 1.54) is 0 Å². The van der Waals surface area contributed by atoms with Crippen molar-refractivity contribution in [3.8, 4) is 0 Å².